The van der Waals surface area contributed by atoms with E-state index in [1.807, 2.05) is 43.3 Å². The van der Waals surface area contributed by atoms with Gasteiger partial charge in [-0.3, -0.25) is 0 Å². The van der Waals surface area contributed by atoms with Crippen molar-refractivity contribution in [1.82, 2.24) is 9.88 Å². The molecule has 2 heterocycles. The van der Waals surface area contributed by atoms with Crippen LogP contribution in [0.4, 0.5) is 0 Å². The number of nitriles is 1. The molecular weight excluding hydrogens is 250 g/mol. The molecule has 0 amide bonds. The Morgan fingerprint density at radius 3 is 2.85 bits per heavy atom. The summed E-state index contributed by atoms with van der Waals surface area (Å²) < 4.78 is 0. The number of aromatic amines is 1. The molecule has 0 saturated heterocycles. The number of likely N-dealkylation sites (N-methyl/N-ethyl adjacent to an activating group) is 1. The van der Waals surface area contributed by atoms with E-state index in [9.17, 15) is 5.11 Å². The second-order valence-electron chi connectivity index (χ2n) is 5.36. The fourth-order valence-electron chi connectivity index (χ4n) is 3.14. The van der Waals surface area contributed by atoms with Crippen molar-refractivity contribution < 1.29 is 5.11 Å². The van der Waals surface area contributed by atoms with Crippen LogP contribution in [0.5, 0.6) is 0 Å². The lowest BCUT2D eigenvalue weighted by Crippen LogP contribution is -2.35. The van der Waals surface area contributed by atoms with Crippen LogP contribution in [0.25, 0.3) is 10.9 Å². The number of aryl methyl sites for hydroxylation is 1. The first-order valence-electron chi connectivity index (χ1n) is 6.70. The van der Waals surface area contributed by atoms with Crippen molar-refractivity contribution in [3.8, 4) is 6.07 Å². The van der Waals surface area contributed by atoms with Gasteiger partial charge in [0.25, 0.3) is 0 Å². The monoisotopic (exact) mass is 267 g/mol. The zero-order chi connectivity index (χ0) is 14.3. The molecule has 1 aliphatic rings. The van der Waals surface area contributed by atoms with E-state index >= 15 is 0 Å². The van der Waals surface area contributed by atoms with Crippen LogP contribution in [0.1, 0.15) is 23.7 Å². The highest BCUT2D eigenvalue weighted by Crippen LogP contribution is 2.37. The molecule has 20 heavy (non-hydrogen) atoms. The molecule has 4 heteroatoms. The lowest BCUT2D eigenvalue weighted by Gasteiger charge is -2.35. The fraction of sp³-hybridized carbons (Fsp3) is 0.312. The van der Waals surface area contributed by atoms with E-state index in [0.29, 0.717) is 12.0 Å². The summed E-state index contributed by atoms with van der Waals surface area (Å²) in [6.45, 7) is 2.03. The SMILES string of the molecule is Cc1[nH]c2ccccc2c1[C@H]1[C@@H](O)CC(C#N)=CN1C. The third-order valence-electron chi connectivity index (χ3n) is 3.97. The number of rotatable bonds is 1. The average Bonchev–Trinajstić information content (AvgIpc) is 2.75. The van der Waals surface area contributed by atoms with Crippen molar-refractivity contribution in [1.29, 1.82) is 5.26 Å². The highest BCUT2D eigenvalue weighted by atomic mass is 16.3. The Kier molecular flexibility index (Phi) is 3.00. The Bertz CT molecular complexity index is 723. The predicted molar refractivity (Wildman–Crippen MR) is 77.9 cm³/mol. The number of fused-ring (bicyclic) bond motifs is 1. The zero-order valence-corrected chi connectivity index (χ0v) is 11.6. The Morgan fingerprint density at radius 2 is 2.15 bits per heavy atom. The number of aliphatic hydroxyl groups excluding tert-OH is 1. The van der Waals surface area contributed by atoms with Gasteiger partial charge in [-0.05, 0) is 13.0 Å². The second kappa shape index (κ2) is 4.69. The van der Waals surface area contributed by atoms with Gasteiger partial charge < -0.3 is 15.0 Å². The molecule has 3 rings (SSSR count). The number of hydrogen-bond donors (Lipinski definition) is 2. The number of benzene rings is 1. The van der Waals surface area contributed by atoms with E-state index in [2.05, 4.69) is 17.1 Å². The van der Waals surface area contributed by atoms with Gasteiger partial charge in [-0.2, -0.15) is 5.26 Å². The molecule has 0 spiro atoms. The number of aromatic nitrogens is 1. The van der Waals surface area contributed by atoms with E-state index in [1.165, 1.54) is 0 Å². The summed E-state index contributed by atoms with van der Waals surface area (Å²) in [6.07, 6.45) is 1.67. The van der Waals surface area contributed by atoms with Crippen LogP contribution in [0.15, 0.2) is 36.0 Å². The minimum Gasteiger partial charge on any atom is -0.390 e. The Balaban J connectivity index is 2.14. The maximum Gasteiger partial charge on any atom is 0.0963 e. The number of nitrogens with one attached hydrogen (secondary N) is 1. The number of H-pyrrole nitrogens is 1. The number of hydrogen-bond acceptors (Lipinski definition) is 3. The Hall–Kier alpha value is -2.25. The van der Waals surface area contributed by atoms with Crippen LogP contribution >= 0.6 is 0 Å². The molecule has 4 nitrogen and oxygen atoms in total. The van der Waals surface area contributed by atoms with Gasteiger partial charge in [0, 0.05) is 47.4 Å². The normalized spacial score (nSPS) is 22.7. The Morgan fingerprint density at radius 1 is 1.40 bits per heavy atom. The molecular formula is C16H17N3O. The molecule has 2 N–H and O–H groups in total. The van der Waals surface area contributed by atoms with Crippen molar-refractivity contribution in [2.45, 2.75) is 25.5 Å². The lowest BCUT2D eigenvalue weighted by molar-refractivity contribution is 0.0752. The molecule has 0 aliphatic carbocycles. The predicted octanol–water partition coefficient (Wildman–Crippen LogP) is 2.62. The molecule has 0 unspecified atom stereocenters. The van der Waals surface area contributed by atoms with Gasteiger partial charge in [0.15, 0.2) is 0 Å². The molecule has 1 aromatic heterocycles. The first-order chi connectivity index (χ1) is 9.61. The summed E-state index contributed by atoms with van der Waals surface area (Å²) in [5, 5.41) is 20.6. The van der Waals surface area contributed by atoms with Crippen molar-refractivity contribution in [2.24, 2.45) is 0 Å². The first-order valence-corrected chi connectivity index (χ1v) is 6.70. The molecule has 2 atom stereocenters. The van der Waals surface area contributed by atoms with Gasteiger partial charge in [0.1, 0.15) is 0 Å². The van der Waals surface area contributed by atoms with Gasteiger partial charge in [-0.15, -0.1) is 0 Å². The molecule has 0 radical (unpaired) electrons. The van der Waals surface area contributed by atoms with Crippen LogP contribution in [0, 0.1) is 18.3 Å². The van der Waals surface area contributed by atoms with E-state index in [4.69, 9.17) is 5.26 Å². The summed E-state index contributed by atoms with van der Waals surface area (Å²) in [4.78, 5) is 5.31. The third-order valence-corrected chi connectivity index (χ3v) is 3.97. The first kappa shape index (κ1) is 12.8. The average molecular weight is 267 g/mol. The maximum atomic E-state index is 10.4. The van der Waals surface area contributed by atoms with Crippen LogP contribution in [0.3, 0.4) is 0 Å². The van der Waals surface area contributed by atoms with Crippen LogP contribution < -0.4 is 0 Å². The smallest absolute Gasteiger partial charge is 0.0963 e. The highest BCUT2D eigenvalue weighted by molar-refractivity contribution is 5.85. The van der Waals surface area contributed by atoms with Gasteiger partial charge >= 0.3 is 0 Å². The number of para-hydroxylation sites is 1. The van der Waals surface area contributed by atoms with Crippen LogP contribution in [-0.4, -0.2) is 28.1 Å². The number of nitrogens with zero attached hydrogens (tertiary/aromatic N) is 2. The molecule has 1 aromatic carbocycles. The zero-order valence-electron chi connectivity index (χ0n) is 11.6. The maximum absolute atomic E-state index is 10.4. The summed E-state index contributed by atoms with van der Waals surface area (Å²) in [7, 11) is 1.91. The fourth-order valence-corrected chi connectivity index (χ4v) is 3.14. The molecule has 0 saturated carbocycles. The van der Waals surface area contributed by atoms with E-state index in [-0.39, 0.29) is 6.04 Å². The minimum atomic E-state index is -0.572. The van der Waals surface area contributed by atoms with Crippen LogP contribution in [0.2, 0.25) is 0 Å². The molecule has 0 bridgehead atoms. The summed E-state index contributed by atoms with van der Waals surface area (Å²) in [5.74, 6) is 0. The third kappa shape index (κ3) is 1.87. The van der Waals surface area contributed by atoms with E-state index in [0.717, 1.165) is 22.2 Å². The summed E-state index contributed by atoms with van der Waals surface area (Å²) in [6, 6.07) is 10.1. The summed E-state index contributed by atoms with van der Waals surface area (Å²) in [5.41, 5.74) is 3.88. The van der Waals surface area contributed by atoms with Crippen molar-refractivity contribution in [3.05, 3.63) is 47.3 Å². The highest BCUT2D eigenvalue weighted by Gasteiger charge is 2.32. The quantitative estimate of drug-likeness (QED) is 0.835. The van der Waals surface area contributed by atoms with Crippen molar-refractivity contribution in [3.63, 3.8) is 0 Å². The standard InChI is InChI=1S/C16H17N3O/c1-10-15(12-5-3-4-6-13(12)18-10)16-14(20)7-11(8-17)9-19(16)2/h3-6,9,14,16,18,20H,7H2,1-2H3/t14-,16+/m0/s1. The van der Waals surface area contributed by atoms with Crippen LogP contribution in [-0.2, 0) is 0 Å². The molecule has 0 fully saturated rings. The molecule has 2 aromatic rings. The topological polar surface area (TPSA) is 63.0 Å². The number of aliphatic hydroxyl groups is 1. The minimum absolute atomic E-state index is 0.122. The van der Waals surface area contributed by atoms with E-state index < -0.39 is 6.10 Å². The van der Waals surface area contributed by atoms with E-state index in [1.54, 1.807) is 0 Å². The molecule has 1 aliphatic heterocycles. The van der Waals surface area contributed by atoms with Gasteiger partial charge in [-0.25, -0.2) is 0 Å². The summed E-state index contributed by atoms with van der Waals surface area (Å²) >= 11 is 0. The second-order valence-corrected chi connectivity index (χ2v) is 5.36. The van der Waals surface area contributed by atoms with Crippen molar-refractivity contribution in [2.75, 3.05) is 7.05 Å². The largest absolute Gasteiger partial charge is 0.390 e. The van der Waals surface area contributed by atoms with Crippen molar-refractivity contribution >= 4 is 10.9 Å². The lowest BCUT2D eigenvalue weighted by atomic mass is 9.91. The Labute approximate surface area is 117 Å². The van der Waals surface area contributed by atoms with Gasteiger partial charge in [0.05, 0.1) is 18.2 Å². The molecule has 102 valence electrons. The van der Waals surface area contributed by atoms with Gasteiger partial charge in [-0.1, -0.05) is 18.2 Å². The van der Waals surface area contributed by atoms with Gasteiger partial charge in [0.2, 0.25) is 0 Å².